The van der Waals surface area contributed by atoms with E-state index >= 15 is 0 Å². The van der Waals surface area contributed by atoms with Gasteiger partial charge in [0.15, 0.2) is 0 Å². The summed E-state index contributed by atoms with van der Waals surface area (Å²) < 4.78 is 1.99. The van der Waals surface area contributed by atoms with E-state index in [1.807, 2.05) is 15.7 Å². The summed E-state index contributed by atoms with van der Waals surface area (Å²) in [6.45, 7) is 5.76. The number of fused-ring (bicyclic) bond motifs is 1. The molecule has 0 bridgehead atoms. The molecule has 0 aliphatic carbocycles. The number of carbonyl (C=O) groups excluding carboxylic acids is 1. The van der Waals surface area contributed by atoms with E-state index in [4.69, 9.17) is 4.98 Å². The molecule has 0 saturated carbocycles. The fraction of sp³-hybridized carbons (Fsp3) is 0.450. The minimum absolute atomic E-state index is 0.140. The van der Waals surface area contributed by atoms with Crippen molar-refractivity contribution in [1.29, 1.82) is 0 Å². The molecule has 1 aliphatic rings. The number of nitrogens with zero attached hydrogens (tertiary/aromatic N) is 4. The Labute approximate surface area is 153 Å². The molecule has 1 atom stereocenters. The number of aromatic amines is 1. The minimum Gasteiger partial charge on any atom is -0.343 e. The van der Waals surface area contributed by atoms with Gasteiger partial charge in [0, 0.05) is 43.9 Å². The predicted octanol–water partition coefficient (Wildman–Crippen LogP) is 3.43. The topological polar surface area (TPSA) is 66.8 Å². The Morgan fingerprint density at radius 2 is 2.15 bits per heavy atom. The number of aryl methyl sites for hydroxylation is 1. The van der Waals surface area contributed by atoms with Crippen LogP contribution < -0.4 is 0 Å². The number of nitrogens with one attached hydrogen (secondary N) is 1. The number of piperidine rings is 1. The van der Waals surface area contributed by atoms with Crippen molar-refractivity contribution in [2.45, 2.75) is 45.1 Å². The molecule has 1 aromatic carbocycles. The van der Waals surface area contributed by atoms with E-state index in [9.17, 15) is 4.79 Å². The molecule has 2 aromatic heterocycles. The normalized spacial score (nSPS) is 16.9. The van der Waals surface area contributed by atoms with Crippen molar-refractivity contribution in [3.63, 3.8) is 0 Å². The fourth-order valence-electron chi connectivity index (χ4n) is 3.81. The third-order valence-corrected chi connectivity index (χ3v) is 5.47. The molecular formula is C20H25N5O. The van der Waals surface area contributed by atoms with Crippen molar-refractivity contribution in [3.05, 3.63) is 48.3 Å². The van der Waals surface area contributed by atoms with Gasteiger partial charge in [0.05, 0.1) is 17.4 Å². The smallest absolute Gasteiger partial charge is 0.224 e. The van der Waals surface area contributed by atoms with E-state index in [1.165, 1.54) is 5.56 Å². The number of imidazole rings is 2. The second-order valence-corrected chi connectivity index (χ2v) is 7.31. The van der Waals surface area contributed by atoms with Gasteiger partial charge in [-0.3, -0.25) is 4.79 Å². The summed E-state index contributed by atoms with van der Waals surface area (Å²) in [6.07, 6.45) is 7.88. The van der Waals surface area contributed by atoms with E-state index in [-0.39, 0.29) is 11.9 Å². The molecule has 3 heterocycles. The van der Waals surface area contributed by atoms with Crippen LogP contribution in [0.3, 0.4) is 0 Å². The van der Waals surface area contributed by atoms with Gasteiger partial charge >= 0.3 is 0 Å². The van der Waals surface area contributed by atoms with Gasteiger partial charge in [-0.25, -0.2) is 9.97 Å². The zero-order valence-electron chi connectivity index (χ0n) is 15.4. The lowest BCUT2D eigenvalue weighted by Crippen LogP contribution is -2.38. The van der Waals surface area contributed by atoms with Crippen LogP contribution >= 0.6 is 0 Å². The van der Waals surface area contributed by atoms with Gasteiger partial charge in [-0.1, -0.05) is 12.1 Å². The van der Waals surface area contributed by atoms with E-state index in [2.05, 4.69) is 42.0 Å². The van der Waals surface area contributed by atoms with Crippen molar-refractivity contribution in [2.75, 3.05) is 13.1 Å². The summed E-state index contributed by atoms with van der Waals surface area (Å²) in [4.78, 5) is 27.0. The summed E-state index contributed by atoms with van der Waals surface area (Å²) in [5.74, 6) is 1.69. The van der Waals surface area contributed by atoms with E-state index in [0.717, 1.165) is 42.8 Å². The van der Waals surface area contributed by atoms with Crippen LogP contribution in [0.15, 0.2) is 36.9 Å². The van der Waals surface area contributed by atoms with Gasteiger partial charge in [0.25, 0.3) is 0 Å². The molecule has 1 N–H and O–H groups in total. The van der Waals surface area contributed by atoms with Gasteiger partial charge < -0.3 is 14.5 Å². The van der Waals surface area contributed by atoms with E-state index in [0.29, 0.717) is 12.3 Å². The molecule has 26 heavy (non-hydrogen) atoms. The average molecular weight is 351 g/mol. The Balaban J connectivity index is 1.37. The maximum atomic E-state index is 12.6. The number of rotatable bonds is 4. The first-order valence-electron chi connectivity index (χ1n) is 9.32. The summed E-state index contributed by atoms with van der Waals surface area (Å²) in [6, 6.07) is 6.37. The summed E-state index contributed by atoms with van der Waals surface area (Å²) in [7, 11) is 0. The third kappa shape index (κ3) is 3.23. The SMILES string of the molecule is Cc1cccc2[nH]c(C3CCN(C(=O)CC(C)n4ccnc4)CC3)nc12. The Bertz CT molecular complexity index is 890. The first-order valence-corrected chi connectivity index (χ1v) is 9.32. The number of benzene rings is 1. The standard InChI is InChI=1S/C20H25N5O/c1-14-4-3-5-17-19(14)23-20(22-17)16-6-9-24(10-7-16)18(26)12-15(2)25-11-8-21-13-25/h3-5,8,11,13,15-16H,6-7,9-10,12H2,1-2H3,(H,22,23). The maximum Gasteiger partial charge on any atom is 0.224 e. The largest absolute Gasteiger partial charge is 0.343 e. The highest BCUT2D eigenvalue weighted by Gasteiger charge is 2.26. The molecule has 1 fully saturated rings. The van der Waals surface area contributed by atoms with Crippen LogP contribution in [-0.4, -0.2) is 43.4 Å². The quantitative estimate of drug-likeness (QED) is 0.783. The first kappa shape index (κ1) is 16.8. The van der Waals surface area contributed by atoms with Crippen molar-refractivity contribution >= 4 is 16.9 Å². The Kier molecular flexibility index (Phi) is 4.49. The van der Waals surface area contributed by atoms with E-state index in [1.54, 1.807) is 12.5 Å². The van der Waals surface area contributed by atoms with Crippen LogP contribution in [0.5, 0.6) is 0 Å². The van der Waals surface area contributed by atoms with Gasteiger partial charge in [0.1, 0.15) is 5.82 Å². The zero-order chi connectivity index (χ0) is 18.1. The number of carbonyl (C=O) groups is 1. The molecule has 1 aliphatic heterocycles. The van der Waals surface area contributed by atoms with Crippen LogP contribution in [0.2, 0.25) is 0 Å². The third-order valence-electron chi connectivity index (χ3n) is 5.47. The molecule has 3 aromatic rings. The number of hydrogen-bond acceptors (Lipinski definition) is 3. The monoisotopic (exact) mass is 351 g/mol. The number of H-pyrrole nitrogens is 1. The van der Waals surface area contributed by atoms with Crippen LogP contribution in [-0.2, 0) is 4.79 Å². The average Bonchev–Trinajstić information content (AvgIpc) is 3.32. The zero-order valence-corrected chi connectivity index (χ0v) is 15.4. The van der Waals surface area contributed by atoms with Gasteiger partial charge in [-0.2, -0.15) is 0 Å². The van der Waals surface area contributed by atoms with Crippen LogP contribution in [0.4, 0.5) is 0 Å². The van der Waals surface area contributed by atoms with Crippen LogP contribution in [0, 0.1) is 6.92 Å². The van der Waals surface area contributed by atoms with Gasteiger partial charge in [-0.05, 0) is 38.3 Å². The molecule has 0 spiro atoms. The molecule has 4 rings (SSSR count). The molecule has 1 unspecified atom stereocenters. The molecular weight excluding hydrogens is 326 g/mol. The molecule has 6 nitrogen and oxygen atoms in total. The second kappa shape index (κ2) is 6.94. The number of para-hydroxylation sites is 1. The second-order valence-electron chi connectivity index (χ2n) is 7.31. The van der Waals surface area contributed by atoms with Crippen LogP contribution in [0.25, 0.3) is 11.0 Å². The Morgan fingerprint density at radius 3 is 2.85 bits per heavy atom. The highest BCUT2D eigenvalue weighted by molar-refractivity contribution is 5.78. The molecule has 136 valence electrons. The highest BCUT2D eigenvalue weighted by atomic mass is 16.2. The lowest BCUT2D eigenvalue weighted by molar-refractivity contribution is -0.133. The predicted molar refractivity (Wildman–Crippen MR) is 101 cm³/mol. The summed E-state index contributed by atoms with van der Waals surface area (Å²) >= 11 is 0. The number of aromatic nitrogens is 4. The lowest BCUT2D eigenvalue weighted by atomic mass is 9.95. The first-order chi connectivity index (χ1) is 12.6. The molecule has 1 amide bonds. The molecule has 0 radical (unpaired) electrons. The Morgan fingerprint density at radius 1 is 1.35 bits per heavy atom. The number of likely N-dealkylation sites (tertiary alicyclic amines) is 1. The molecule has 6 heteroatoms. The summed E-state index contributed by atoms with van der Waals surface area (Å²) in [5, 5.41) is 0. The number of hydrogen-bond donors (Lipinski definition) is 1. The molecule has 1 saturated heterocycles. The fourth-order valence-corrected chi connectivity index (χ4v) is 3.81. The van der Waals surface area contributed by atoms with E-state index < -0.39 is 0 Å². The lowest BCUT2D eigenvalue weighted by Gasteiger charge is -2.32. The highest BCUT2D eigenvalue weighted by Crippen LogP contribution is 2.29. The summed E-state index contributed by atoms with van der Waals surface area (Å²) in [5.41, 5.74) is 3.37. The van der Waals surface area contributed by atoms with Gasteiger partial charge in [0.2, 0.25) is 5.91 Å². The Hall–Kier alpha value is -2.63. The van der Waals surface area contributed by atoms with Crippen molar-refractivity contribution < 1.29 is 4.79 Å². The van der Waals surface area contributed by atoms with Crippen molar-refractivity contribution in [3.8, 4) is 0 Å². The maximum absolute atomic E-state index is 12.6. The van der Waals surface area contributed by atoms with Crippen molar-refractivity contribution in [2.24, 2.45) is 0 Å². The minimum atomic E-state index is 0.140. The number of amides is 1. The van der Waals surface area contributed by atoms with Crippen LogP contribution in [0.1, 0.15) is 49.5 Å². The van der Waals surface area contributed by atoms with Gasteiger partial charge in [-0.15, -0.1) is 0 Å². The van der Waals surface area contributed by atoms with Crippen molar-refractivity contribution in [1.82, 2.24) is 24.4 Å².